The van der Waals surface area contributed by atoms with Gasteiger partial charge in [0.15, 0.2) is 0 Å². The van der Waals surface area contributed by atoms with Gasteiger partial charge >= 0.3 is 6.03 Å². The van der Waals surface area contributed by atoms with Gasteiger partial charge in [-0.25, -0.2) is 4.79 Å². The summed E-state index contributed by atoms with van der Waals surface area (Å²) in [5, 5.41) is 15.6. The van der Waals surface area contributed by atoms with Gasteiger partial charge in [-0.2, -0.15) is 0 Å². The first-order valence-electron chi connectivity index (χ1n) is 9.67. The van der Waals surface area contributed by atoms with Crippen LogP contribution in [-0.4, -0.2) is 41.3 Å². The highest BCUT2D eigenvalue weighted by Crippen LogP contribution is 2.29. The van der Waals surface area contributed by atoms with E-state index in [1.807, 2.05) is 6.07 Å². The highest BCUT2D eigenvalue weighted by molar-refractivity contribution is 5.75. The molecule has 0 bridgehead atoms. The number of amides is 2. The fraction of sp³-hybridized carbons (Fsp3) is 0.650. The molecular formula is C20H31N3O2. The summed E-state index contributed by atoms with van der Waals surface area (Å²) in [6.45, 7) is 3.84. The average molecular weight is 345 g/mol. The highest BCUT2D eigenvalue weighted by Gasteiger charge is 2.34. The van der Waals surface area contributed by atoms with E-state index in [4.69, 9.17) is 0 Å². The molecule has 1 aromatic rings. The van der Waals surface area contributed by atoms with Crippen LogP contribution in [0.3, 0.4) is 0 Å². The van der Waals surface area contributed by atoms with Gasteiger partial charge in [-0.1, -0.05) is 43.5 Å². The topological polar surface area (TPSA) is 64.6 Å². The molecule has 0 radical (unpaired) electrons. The Kier molecular flexibility index (Phi) is 6.32. The summed E-state index contributed by atoms with van der Waals surface area (Å²) in [6.07, 6.45) is 7.77. The molecule has 0 aromatic heterocycles. The van der Waals surface area contributed by atoms with Crippen molar-refractivity contribution in [1.29, 1.82) is 0 Å². The van der Waals surface area contributed by atoms with E-state index in [9.17, 15) is 9.90 Å². The van der Waals surface area contributed by atoms with Gasteiger partial charge in [0.05, 0.1) is 12.1 Å². The average Bonchev–Trinajstić information content (AvgIpc) is 3.11. The number of carbonyl (C=O) groups excluding carboxylic acids is 1. The molecule has 1 aromatic carbocycles. The first-order valence-corrected chi connectivity index (χ1v) is 9.67. The maximum absolute atomic E-state index is 12.3. The summed E-state index contributed by atoms with van der Waals surface area (Å²) < 4.78 is 0. The number of likely N-dealkylation sites (tertiary alicyclic amines) is 1. The van der Waals surface area contributed by atoms with E-state index in [2.05, 4.69) is 33.7 Å². The Morgan fingerprint density at radius 3 is 2.40 bits per heavy atom. The predicted octanol–water partition coefficient (Wildman–Crippen LogP) is 2.78. The summed E-state index contributed by atoms with van der Waals surface area (Å²) in [7, 11) is 0. The van der Waals surface area contributed by atoms with Crippen LogP contribution in [0, 0.1) is 0 Å². The van der Waals surface area contributed by atoms with E-state index in [-0.39, 0.29) is 12.6 Å². The maximum atomic E-state index is 12.3. The van der Waals surface area contributed by atoms with Crippen LogP contribution in [0.15, 0.2) is 24.3 Å². The zero-order chi connectivity index (χ0) is 17.5. The predicted molar refractivity (Wildman–Crippen MR) is 99.2 cm³/mol. The molecule has 25 heavy (non-hydrogen) atoms. The van der Waals surface area contributed by atoms with E-state index >= 15 is 0 Å². The van der Waals surface area contributed by atoms with Crippen LogP contribution in [0.5, 0.6) is 0 Å². The van der Waals surface area contributed by atoms with Crippen molar-refractivity contribution in [3.05, 3.63) is 35.4 Å². The van der Waals surface area contributed by atoms with Crippen LogP contribution < -0.4 is 10.6 Å². The Morgan fingerprint density at radius 1 is 1.04 bits per heavy atom. The van der Waals surface area contributed by atoms with Crippen molar-refractivity contribution in [1.82, 2.24) is 15.5 Å². The van der Waals surface area contributed by atoms with Crippen molar-refractivity contribution in [2.24, 2.45) is 0 Å². The fourth-order valence-corrected chi connectivity index (χ4v) is 4.08. The van der Waals surface area contributed by atoms with E-state index in [0.29, 0.717) is 6.54 Å². The number of rotatable bonds is 6. The lowest BCUT2D eigenvalue weighted by molar-refractivity contribution is 0.162. The Balaban J connectivity index is 1.54. The first-order chi connectivity index (χ1) is 12.2. The lowest BCUT2D eigenvalue weighted by Crippen LogP contribution is -2.52. The molecule has 0 atom stereocenters. The standard InChI is InChI=1S/C20H31N3O2/c24-16-20(10-4-5-11-20)22-19(25)21-14-17-8-2-3-9-18(17)15-23-12-6-1-7-13-23/h2-3,8-9,24H,1,4-7,10-16H2,(H2,21,22,25). The Labute approximate surface area is 150 Å². The molecule has 1 saturated carbocycles. The van der Waals surface area contributed by atoms with Gasteiger partial charge in [-0.3, -0.25) is 4.90 Å². The van der Waals surface area contributed by atoms with Crippen molar-refractivity contribution >= 4 is 6.03 Å². The van der Waals surface area contributed by atoms with Crippen molar-refractivity contribution in [2.75, 3.05) is 19.7 Å². The second-order valence-corrected chi connectivity index (χ2v) is 7.56. The zero-order valence-corrected chi connectivity index (χ0v) is 15.1. The molecule has 138 valence electrons. The second-order valence-electron chi connectivity index (χ2n) is 7.56. The fourth-order valence-electron chi connectivity index (χ4n) is 4.08. The second kappa shape index (κ2) is 8.68. The van der Waals surface area contributed by atoms with Crippen LogP contribution in [-0.2, 0) is 13.1 Å². The van der Waals surface area contributed by atoms with Gasteiger partial charge in [-0.15, -0.1) is 0 Å². The third kappa shape index (κ3) is 4.95. The molecule has 1 saturated heterocycles. The number of benzene rings is 1. The van der Waals surface area contributed by atoms with E-state index in [1.165, 1.54) is 43.5 Å². The minimum atomic E-state index is -0.419. The quantitative estimate of drug-likeness (QED) is 0.743. The largest absolute Gasteiger partial charge is 0.394 e. The molecule has 2 aliphatic rings. The third-order valence-electron chi connectivity index (χ3n) is 5.64. The normalized spacial score (nSPS) is 20.4. The monoisotopic (exact) mass is 345 g/mol. The number of aliphatic hydroxyl groups excluding tert-OH is 1. The van der Waals surface area contributed by atoms with Gasteiger partial charge in [-0.05, 0) is 49.9 Å². The van der Waals surface area contributed by atoms with Gasteiger partial charge < -0.3 is 15.7 Å². The van der Waals surface area contributed by atoms with Crippen molar-refractivity contribution < 1.29 is 9.90 Å². The third-order valence-corrected chi connectivity index (χ3v) is 5.64. The molecular weight excluding hydrogens is 314 g/mol. The van der Waals surface area contributed by atoms with Crippen LogP contribution in [0.4, 0.5) is 4.79 Å². The van der Waals surface area contributed by atoms with E-state index < -0.39 is 5.54 Å². The molecule has 1 aliphatic heterocycles. The molecule has 5 nitrogen and oxygen atoms in total. The summed E-state index contributed by atoms with van der Waals surface area (Å²) >= 11 is 0. The Hall–Kier alpha value is -1.59. The number of aliphatic hydroxyl groups is 1. The van der Waals surface area contributed by atoms with Gasteiger partial charge in [0.1, 0.15) is 0 Å². The first kappa shape index (κ1) is 18.2. The molecule has 0 spiro atoms. The molecule has 1 heterocycles. The molecule has 0 unspecified atom stereocenters. The maximum Gasteiger partial charge on any atom is 0.315 e. The zero-order valence-electron chi connectivity index (χ0n) is 15.1. The van der Waals surface area contributed by atoms with Crippen molar-refractivity contribution in [2.45, 2.75) is 63.6 Å². The summed E-state index contributed by atoms with van der Waals surface area (Å²) in [5.74, 6) is 0. The van der Waals surface area contributed by atoms with Crippen LogP contribution >= 0.6 is 0 Å². The van der Waals surface area contributed by atoms with Crippen molar-refractivity contribution in [3.63, 3.8) is 0 Å². The molecule has 5 heteroatoms. The number of piperidine rings is 1. The lowest BCUT2D eigenvalue weighted by atomic mass is 9.99. The summed E-state index contributed by atoms with van der Waals surface area (Å²) in [6, 6.07) is 8.18. The molecule has 2 fully saturated rings. The lowest BCUT2D eigenvalue weighted by Gasteiger charge is -2.28. The van der Waals surface area contributed by atoms with Crippen molar-refractivity contribution in [3.8, 4) is 0 Å². The Morgan fingerprint density at radius 2 is 1.72 bits per heavy atom. The number of hydrogen-bond acceptors (Lipinski definition) is 3. The molecule has 1 aliphatic carbocycles. The van der Waals surface area contributed by atoms with Crippen LogP contribution in [0.25, 0.3) is 0 Å². The number of carbonyl (C=O) groups is 1. The van der Waals surface area contributed by atoms with E-state index in [1.54, 1.807) is 0 Å². The Bertz CT molecular complexity index is 564. The SMILES string of the molecule is O=C(NCc1ccccc1CN1CCCCC1)NC1(CO)CCCC1. The molecule has 2 amide bonds. The smallest absolute Gasteiger partial charge is 0.315 e. The number of nitrogens with zero attached hydrogens (tertiary/aromatic N) is 1. The highest BCUT2D eigenvalue weighted by atomic mass is 16.3. The van der Waals surface area contributed by atoms with Gasteiger partial charge in [0.25, 0.3) is 0 Å². The molecule has 3 N–H and O–H groups in total. The minimum absolute atomic E-state index is 0.0198. The summed E-state index contributed by atoms with van der Waals surface area (Å²) in [5.41, 5.74) is 2.05. The number of nitrogens with one attached hydrogen (secondary N) is 2. The van der Waals surface area contributed by atoms with Gasteiger partial charge in [0.2, 0.25) is 0 Å². The van der Waals surface area contributed by atoms with Gasteiger partial charge in [0, 0.05) is 13.1 Å². The van der Waals surface area contributed by atoms with E-state index in [0.717, 1.165) is 32.2 Å². The number of urea groups is 1. The summed E-state index contributed by atoms with van der Waals surface area (Å²) in [4.78, 5) is 14.8. The van der Waals surface area contributed by atoms with Crippen LogP contribution in [0.2, 0.25) is 0 Å². The van der Waals surface area contributed by atoms with Crippen LogP contribution in [0.1, 0.15) is 56.1 Å². The molecule has 3 rings (SSSR count). The minimum Gasteiger partial charge on any atom is -0.394 e. The number of hydrogen-bond donors (Lipinski definition) is 3.